The third-order valence-electron chi connectivity index (χ3n) is 5.40. The molecule has 3 heterocycles. The Kier molecular flexibility index (Phi) is 6.02. The predicted molar refractivity (Wildman–Crippen MR) is 110 cm³/mol. The Bertz CT molecular complexity index is 971. The van der Waals surface area contributed by atoms with E-state index in [0.717, 1.165) is 43.3 Å². The predicted octanol–water partition coefficient (Wildman–Crippen LogP) is 3.91. The summed E-state index contributed by atoms with van der Waals surface area (Å²) in [6.07, 6.45) is 2.53. The number of halogens is 1. The summed E-state index contributed by atoms with van der Waals surface area (Å²) in [5.41, 5.74) is 4.76. The molecule has 1 fully saturated rings. The topological polar surface area (TPSA) is 43.2 Å². The molecule has 0 unspecified atom stereocenters. The van der Waals surface area contributed by atoms with Crippen molar-refractivity contribution in [3.63, 3.8) is 0 Å². The first-order chi connectivity index (χ1) is 14.1. The summed E-state index contributed by atoms with van der Waals surface area (Å²) < 4.78 is 22.0. The lowest BCUT2D eigenvalue weighted by atomic mass is 10.1. The standard InChI is InChI=1S/C23H27FN4O/c1-3-28-15-19(17(2)26-28)14-27-11-12-29-23(16-27)22-10-6-8-20(25-22)13-18-7-4-5-9-21(18)24/h4-10,15,23H,3,11-14,16H2,1-2H3/t23-/m0/s1. The van der Waals surface area contributed by atoms with Gasteiger partial charge < -0.3 is 4.74 Å². The second kappa shape index (κ2) is 8.84. The van der Waals surface area contributed by atoms with Crippen molar-refractivity contribution in [2.24, 2.45) is 0 Å². The van der Waals surface area contributed by atoms with E-state index in [0.29, 0.717) is 18.6 Å². The van der Waals surface area contributed by atoms with Gasteiger partial charge >= 0.3 is 0 Å². The third kappa shape index (κ3) is 4.71. The molecule has 5 nitrogen and oxygen atoms in total. The van der Waals surface area contributed by atoms with Crippen LogP contribution in [0.15, 0.2) is 48.7 Å². The number of hydrogen-bond acceptors (Lipinski definition) is 4. The molecule has 3 aromatic rings. The molecule has 2 aromatic heterocycles. The average molecular weight is 394 g/mol. The van der Waals surface area contributed by atoms with Gasteiger partial charge in [-0.2, -0.15) is 5.10 Å². The van der Waals surface area contributed by atoms with Crippen molar-refractivity contribution in [3.8, 4) is 0 Å². The fourth-order valence-corrected chi connectivity index (χ4v) is 3.76. The van der Waals surface area contributed by atoms with E-state index in [2.05, 4.69) is 30.0 Å². The minimum Gasteiger partial charge on any atom is -0.369 e. The Labute approximate surface area is 171 Å². The first kappa shape index (κ1) is 19.7. The number of pyridine rings is 1. The van der Waals surface area contributed by atoms with E-state index in [1.807, 2.05) is 28.9 Å². The van der Waals surface area contributed by atoms with Crippen molar-refractivity contribution in [1.29, 1.82) is 0 Å². The van der Waals surface area contributed by atoms with Crippen LogP contribution >= 0.6 is 0 Å². The van der Waals surface area contributed by atoms with E-state index in [1.165, 1.54) is 11.6 Å². The van der Waals surface area contributed by atoms with Crippen molar-refractivity contribution in [2.75, 3.05) is 19.7 Å². The first-order valence-electron chi connectivity index (χ1n) is 10.2. The molecule has 1 atom stereocenters. The zero-order valence-corrected chi connectivity index (χ0v) is 17.0. The molecule has 1 aliphatic rings. The van der Waals surface area contributed by atoms with Crippen LogP contribution in [0.3, 0.4) is 0 Å². The van der Waals surface area contributed by atoms with Crippen LogP contribution in [-0.2, 0) is 24.2 Å². The van der Waals surface area contributed by atoms with Crippen LogP contribution in [0.25, 0.3) is 0 Å². The van der Waals surface area contributed by atoms with Gasteiger partial charge in [0.2, 0.25) is 0 Å². The number of aryl methyl sites for hydroxylation is 2. The quantitative estimate of drug-likeness (QED) is 0.636. The Morgan fingerprint density at radius 1 is 1.14 bits per heavy atom. The minimum atomic E-state index is -0.192. The van der Waals surface area contributed by atoms with Crippen LogP contribution < -0.4 is 0 Å². The van der Waals surface area contributed by atoms with Gasteiger partial charge in [-0.25, -0.2) is 4.39 Å². The summed E-state index contributed by atoms with van der Waals surface area (Å²) in [5, 5.41) is 4.55. The largest absolute Gasteiger partial charge is 0.369 e. The van der Waals surface area contributed by atoms with Gasteiger partial charge in [-0.05, 0) is 37.6 Å². The molecule has 1 aliphatic heterocycles. The average Bonchev–Trinajstić information content (AvgIpc) is 3.10. The smallest absolute Gasteiger partial charge is 0.126 e. The van der Waals surface area contributed by atoms with Crippen molar-refractivity contribution >= 4 is 0 Å². The molecule has 4 rings (SSSR count). The van der Waals surface area contributed by atoms with Crippen LogP contribution in [0, 0.1) is 12.7 Å². The Balaban J connectivity index is 1.45. The van der Waals surface area contributed by atoms with Gasteiger partial charge in [0.15, 0.2) is 0 Å². The fraction of sp³-hybridized carbons (Fsp3) is 0.391. The molecule has 29 heavy (non-hydrogen) atoms. The summed E-state index contributed by atoms with van der Waals surface area (Å²) >= 11 is 0. The van der Waals surface area contributed by atoms with Crippen molar-refractivity contribution < 1.29 is 9.13 Å². The second-order valence-electron chi connectivity index (χ2n) is 7.51. The minimum absolute atomic E-state index is 0.0779. The van der Waals surface area contributed by atoms with Gasteiger partial charge in [0.05, 0.1) is 18.0 Å². The summed E-state index contributed by atoms with van der Waals surface area (Å²) in [5.74, 6) is -0.192. The van der Waals surface area contributed by atoms with E-state index < -0.39 is 0 Å². The molecule has 0 amide bonds. The monoisotopic (exact) mass is 394 g/mol. The van der Waals surface area contributed by atoms with Crippen molar-refractivity contribution in [2.45, 2.75) is 39.5 Å². The molecule has 0 radical (unpaired) electrons. The van der Waals surface area contributed by atoms with Crippen LogP contribution in [-0.4, -0.2) is 39.4 Å². The summed E-state index contributed by atoms with van der Waals surface area (Å²) in [7, 11) is 0. The summed E-state index contributed by atoms with van der Waals surface area (Å²) in [6.45, 7) is 8.25. The number of nitrogens with zero attached hydrogens (tertiary/aromatic N) is 4. The number of aromatic nitrogens is 3. The zero-order valence-electron chi connectivity index (χ0n) is 17.0. The van der Waals surface area contributed by atoms with Crippen molar-refractivity contribution in [1.82, 2.24) is 19.7 Å². The highest BCUT2D eigenvalue weighted by Crippen LogP contribution is 2.23. The maximum Gasteiger partial charge on any atom is 0.126 e. The van der Waals surface area contributed by atoms with Crippen molar-refractivity contribution in [3.05, 3.63) is 82.7 Å². The highest BCUT2D eigenvalue weighted by molar-refractivity contribution is 5.25. The molecule has 0 saturated carbocycles. The Morgan fingerprint density at radius 2 is 2.00 bits per heavy atom. The van der Waals surface area contributed by atoms with Crippen LogP contribution in [0.2, 0.25) is 0 Å². The lowest BCUT2D eigenvalue weighted by Gasteiger charge is -2.32. The normalized spacial score (nSPS) is 17.6. The lowest BCUT2D eigenvalue weighted by molar-refractivity contribution is -0.0351. The molecule has 0 N–H and O–H groups in total. The van der Waals surface area contributed by atoms with Gasteiger partial charge in [0.25, 0.3) is 0 Å². The van der Waals surface area contributed by atoms with Crippen LogP contribution in [0.1, 0.15) is 41.2 Å². The molecule has 1 saturated heterocycles. The fourth-order valence-electron chi connectivity index (χ4n) is 3.76. The van der Waals surface area contributed by atoms with Gasteiger partial charge in [-0.3, -0.25) is 14.6 Å². The van der Waals surface area contributed by atoms with E-state index in [1.54, 1.807) is 12.1 Å². The molecule has 1 aromatic carbocycles. The summed E-state index contributed by atoms with van der Waals surface area (Å²) in [4.78, 5) is 7.17. The number of morpholine rings is 1. The number of benzene rings is 1. The summed E-state index contributed by atoms with van der Waals surface area (Å²) in [6, 6.07) is 12.8. The molecular formula is C23H27FN4O. The molecule has 152 valence electrons. The van der Waals surface area contributed by atoms with Crippen LogP contribution in [0.5, 0.6) is 0 Å². The Morgan fingerprint density at radius 3 is 2.79 bits per heavy atom. The molecular weight excluding hydrogens is 367 g/mol. The molecule has 0 spiro atoms. The SMILES string of the molecule is CCn1cc(CN2CCO[C@H](c3cccc(Cc4ccccc4F)n3)C2)c(C)n1. The maximum atomic E-state index is 14.0. The second-order valence-corrected chi connectivity index (χ2v) is 7.51. The van der Waals surface area contributed by atoms with Gasteiger partial charge in [-0.1, -0.05) is 24.3 Å². The lowest BCUT2D eigenvalue weighted by Crippen LogP contribution is -2.38. The maximum absolute atomic E-state index is 14.0. The molecule has 0 bridgehead atoms. The number of rotatable bonds is 6. The highest BCUT2D eigenvalue weighted by Gasteiger charge is 2.24. The van der Waals surface area contributed by atoms with Crippen LogP contribution in [0.4, 0.5) is 4.39 Å². The van der Waals surface area contributed by atoms with Gasteiger partial charge in [0, 0.05) is 50.1 Å². The van der Waals surface area contributed by atoms with Gasteiger partial charge in [-0.15, -0.1) is 0 Å². The first-order valence-corrected chi connectivity index (χ1v) is 10.2. The Hall–Kier alpha value is -2.57. The number of ether oxygens (including phenoxy) is 1. The van der Waals surface area contributed by atoms with E-state index in [9.17, 15) is 4.39 Å². The third-order valence-corrected chi connectivity index (χ3v) is 5.40. The molecule has 0 aliphatic carbocycles. The highest BCUT2D eigenvalue weighted by atomic mass is 19.1. The van der Waals surface area contributed by atoms with E-state index in [4.69, 9.17) is 9.72 Å². The zero-order chi connectivity index (χ0) is 20.2. The number of hydrogen-bond donors (Lipinski definition) is 0. The van der Waals surface area contributed by atoms with E-state index in [-0.39, 0.29) is 11.9 Å². The van der Waals surface area contributed by atoms with Gasteiger partial charge in [0.1, 0.15) is 11.9 Å². The molecule has 6 heteroatoms. The van der Waals surface area contributed by atoms with E-state index >= 15 is 0 Å².